The summed E-state index contributed by atoms with van der Waals surface area (Å²) in [5.74, 6) is -1.43. The number of hydrogen-bond acceptors (Lipinski definition) is 28. The van der Waals surface area contributed by atoms with Crippen LogP contribution in [0.25, 0.3) is 17.1 Å². The Bertz CT molecular complexity index is 7120. The summed E-state index contributed by atoms with van der Waals surface area (Å²) < 4.78 is 105. The summed E-state index contributed by atoms with van der Waals surface area (Å²) in [6, 6.07) is 68.0. The molecule has 6 aliphatic heterocycles. The van der Waals surface area contributed by atoms with Gasteiger partial charge in [-0.2, -0.15) is 78.7 Å². The molecule has 21 rings (SSSR count). The van der Waals surface area contributed by atoms with Gasteiger partial charge in [0.2, 0.25) is 17.4 Å². The molecule has 6 aliphatic rings. The standard InChI is InChI=1S/C36H39F3N8O4.C36H39N9O4.C35H38Cl2N8O4/c1-3-26(2)47-34(48)45(25-42-47)31-10-8-29(9-11-31)43-18-20-44(21-19-43)30-12-14-32(15-13-30)49-22-33-23-50-35(51-33,24-46-40-16-17-41-46)27-4-6-28(7-5-27)36(37,38)39;1-3-27(2)45-35(46)43(26-40-45)32-10-8-30(9-11-32)41-18-20-42(21-19-41)31-12-14-33(15-13-31)47-23-34-24-48-36(49-34,25-44-38-16-17-39-44)29-6-4-28(22-37)5-7-29;1-3-25(2)45-34(46)43(24-40-45)29-7-5-27(6-8-29)41-16-18-42(19-17-41)28-9-11-30(12-10-28)47-21-31-22-48-35(49-31,23-44-38-14-15-39-44)26-4-13-32(36)33(37)20-26/h4-17,25-26,33H,3,18-24H2,1-2H3;4-17,26-27,34H,3,18-21,23-25H2,1-2H3;4-15,20,24-25,31H,3,16-19,21-23H2,1-2H3. The lowest BCUT2D eigenvalue weighted by atomic mass is 10.0. The SMILES string of the molecule is CCC(C)n1ncn(-c2ccc(N3CCN(c4ccc(OCC5COC(Cn6nccn6)(c6ccc(C#N)cc6)O5)cc4)CC3)cc2)c1=O.CCC(C)n1ncn(-c2ccc(N3CCN(c4ccc(OCC5COC(Cn6nccn6)(c6ccc(C(F)(F)F)cc6)O5)cc4)CC3)cc2)c1=O.CCC(C)n1ncn(-c2ccc(N3CCN(c4ccc(OCC5COC(Cn6nccn6)(c6ccc(Cl)c(Cl)c6)O5)cc4)CC3)cc2)c1=O. The third kappa shape index (κ3) is 23.6. The number of benzene rings is 9. The molecule has 149 heavy (non-hydrogen) atoms. The minimum atomic E-state index is -4.45. The predicted octanol–water partition coefficient (Wildman–Crippen LogP) is 15.0. The topological polar surface area (TPSA) is 338 Å². The van der Waals surface area contributed by atoms with Gasteiger partial charge in [0.1, 0.15) is 94.0 Å². The number of rotatable bonds is 33. The van der Waals surface area contributed by atoms with Crippen molar-refractivity contribution >= 4 is 57.3 Å². The molecule has 42 heteroatoms. The number of anilines is 6. The molecule has 0 spiro atoms. The van der Waals surface area contributed by atoms with Crippen LogP contribution < -0.4 is 60.7 Å². The third-order valence-corrected chi connectivity index (χ3v) is 28.6. The summed E-state index contributed by atoms with van der Waals surface area (Å²) in [6.45, 7) is 24.8. The molecule has 0 amide bonds. The molecule has 6 fully saturated rings. The molecular weight excluding hydrogens is 1960 g/mol. The molecule has 12 heterocycles. The lowest BCUT2D eigenvalue weighted by Crippen LogP contribution is -2.46. The van der Waals surface area contributed by atoms with E-state index in [0.717, 1.165) is 184 Å². The van der Waals surface area contributed by atoms with E-state index in [0.29, 0.717) is 53.3 Å². The van der Waals surface area contributed by atoms with E-state index in [1.807, 2.05) is 157 Å². The van der Waals surface area contributed by atoms with Crippen LogP contribution in [0.15, 0.2) is 283 Å². The number of nitriles is 1. The highest BCUT2D eigenvalue weighted by atomic mass is 35.5. The van der Waals surface area contributed by atoms with Crippen LogP contribution >= 0.6 is 23.2 Å². The second-order valence-corrected chi connectivity index (χ2v) is 38.1. The highest BCUT2D eigenvalue weighted by Gasteiger charge is 2.49. The number of hydrogen-bond donors (Lipinski definition) is 0. The van der Waals surface area contributed by atoms with Crippen LogP contribution in [-0.4, -0.2) is 225 Å². The van der Waals surface area contributed by atoms with Crippen molar-refractivity contribution in [3.8, 4) is 40.4 Å². The molecule has 9 unspecified atom stereocenters. The molecule has 9 aromatic carbocycles. The normalized spacial score (nSPS) is 20.1. The molecule has 776 valence electrons. The Morgan fingerprint density at radius 1 is 0.356 bits per heavy atom. The first kappa shape index (κ1) is 103. The molecule has 0 saturated carbocycles. The van der Waals surface area contributed by atoms with Crippen molar-refractivity contribution < 1.29 is 55.8 Å². The molecule has 0 bridgehead atoms. The second kappa shape index (κ2) is 45.8. The summed E-state index contributed by atoms with van der Waals surface area (Å²) in [5.41, 5.74) is 10.5. The van der Waals surface area contributed by atoms with Crippen molar-refractivity contribution in [3.05, 3.63) is 338 Å². The van der Waals surface area contributed by atoms with Crippen LogP contribution in [0.3, 0.4) is 0 Å². The van der Waals surface area contributed by atoms with E-state index in [2.05, 4.69) is 130 Å². The quantitative estimate of drug-likeness (QED) is 0.0369. The Kier molecular flexibility index (Phi) is 31.5. The van der Waals surface area contributed by atoms with E-state index in [9.17, 15) is 32.8 Å². The summed E-state index contributed by atoms with van der Waals surface area (Å²) in [5, 5.41) is 48.2. The van der Waals surface area contributed by atoms with Gasteiger partial charge in [0.05, 0.1) is 119 Å². The van der Waals surface area contributed by atoms with Crippen LogP contribution in [0.5, 0.6) is 17.2 Å². The fraction of sp³-hybridized carbons (Fsp3) is 0.374. The number of piperazine rings is 3. The molecule has 0 aliphatic carbocycles. The average molecular weight is 2070 g/mol. The zero-order chi connectivity index (χ0) is 103. The highest BCUT2D eigenvalue weighted by molar-refractivity contribution is 6.42. The molecule has 15 aromatic rings. The van der Waals surface area contributed by atoms with E-state index < -0.39 is 35.2 Å². The Balaban J connectivity index is 0.000000140. The number of aromatic nitrogens is 18. The monoisotopic (exact) mass is 2070 g/mol. The van der Waals surface area contributed by atoms with Crippen LogP contribution in [0.2, 0.25) is 10.0 Å². The first-order valence-electron chi connectivity index (χ1n) is 50.0. The molecule has 0 N–H and O–H groups in total. The number of halogens is 5. The van der Waals surface area contributed by atoms with Gasteiger partial charge in [-0.1, -0.05) is 74.3 Å². The smallest absolute Gasteiger partial charge is 0.416 e. The van der Waals surface area contributed by atoms with Crippen LogP contribution in [0.1, 0.15) is 107 Å². The Morgan fingerprint density at radius 2 is 0.611 bits per heavy atom. The lowest BCUT2D eigenvalue weighted by Gasteiger charge is -2.37. The number of ether oxygens (including phenoxy) is 9. The van der Waals surface area contributed by atoms with E-state index in [-0.39, 0.29) is 80.3 Å². The number of alkyl halides is 3. The van der Waals surface area contributed by atoms with E-state index >= 15 is 0 Å². The minimum absolute atomic E-state index is 0.0453. The predicted molar refractivity (Wildman–Crippen MR) is 554 cm³/mol. The van der Waals surface area contributed by atoms with Crippen LogP contribution in [0, 0.1) is 11.3 Å². The van der Waals surface area contributed by atoms with Gasteiger partial charge in [-0.25, -0.2) is 42.1 Å². The zero-order valence-electron chi connectivity index (χ0n) is 83.3. The van der Waals surface area contributed by atoms with E-state index in [1.54, 1.807) is 81.7 Å². The van der Waals surface area contributed by atoms with Gasteiger partial charge in [-0.15, -0.1) is 0 Å². The van der Waals surface area contributed by atoms with Gasteiger partial charge in [0.15, 0.2) is 0 Å². The first-order valence-corrected chi connectivity index (χ1v) is 50.7. The third-order valence-electron chi connectivity index (χ3n) is 27.8. The molecule has 9 atom stereocenters. The minimum Gasteiger partial charge on any atom is -0.491 e. The van der Waals surface area contributed by atoms with Crippen molar-refractivity contribution in [1.82, 2.24) is 88.0 Å². The van der Waals surface area contributed by atoms with E-state index in [1.165, 1.54) is 53.0 Å². The lowest BCUT2D eigenvalue weighted by molar-refractivity contribution is -0.192. The van der Waals surface area contributed by atoms with Crippen molar-refractivity contribution in [2.45, 2.75) is 140 Å². The largest absolute Gasteiger partial charge is 0.491 e. The highest BCUT2D eigenvalue weighted by Crippen LogP contribution is 2.43. The maximum Gasteiger partial charge on any atom is 0.416 e. The van der Waals surface area contributed by atoms with Crippen molar-refractivity contribution in [2.24, 2.45) is 0 Å². The maximum absolute atomic E-state index is 13.2. The van der Waals surface area contributed by atoms with Gasteiger partial charge in [-0.3, -0.25) is 0 Å². The molecule has 6 saturated heterocycles. The van der Waals surface area contributed by atoms with Crippen LogP contribution in [-0.2, 0) is 71.6 Å². The second-order valence-electron chi connectivity index (χ2n) is 37.3. The molecule has 6 aromatic heterocycles. The number of nitrogens with zero attached hydrogens (tertiary/aromatic N) is 25. The van der Waals surface area contributed by atoms with Crippen molar-refractivity contribution in [2.75, 3.05) is 148 Å². The van der Waals surface area contributed by atoms with Gasteiger partial charge < -0.3 is 72.0 Å². The summed E-state index contributed by atoms with van der Waals surface area (Å²) in [4.78, 5) is 57.0. The first-order chi connectivity index (χ1) is 72.4. The van der Waals surface area contributed by atoms with Crippen molar-refractivity contribution in [3.63, 3.8) is 0 Å². The Hall–Kier alpha value is -15.0. The average Bonchev–Trinajstić information content (AvgIpc) is 1.64. The fourth-order valence-corrected chi connectivity index (χ4v) is 19.1. The summed E-state index contributed by atoms with van der Waals surface area (Å²) in [6.07, 6.45) is 11.2. The van der Waals surface area contributed by atoms with Gasteiger partial charge in [0, 0.05) is 129 Å². The molecule has 37 nitrogen and oxygen atoms in total. The van der Waals surface area contributed by atoms with Gasteiger partial charge in [0.25, 0.3) is 0 Å². The summed E-state index contributed by atoms with van der Waals surface area (Å²) >= 11 is 12.5. The Labute approximate surface area is 867 Å². The van der Waals surface area contributed by atoms with Gasteiger partial charge in [-0.05, 0) is 222 Å². The molecule has 0 radical (unpaired) electrons. The maximum atomic E-state index is 13.2. The molecular formula is C107H116Cl2F3N25O12. The van der Waals surface area contributed by atoms with Crippen molar-refractivity contribution in [1.29, 1.82) is 5.26 Å². The fourth-order valence-electron chi connectivity index (χ4n) is 18.8. The van der Waals surface area contributed by atoms with E-state index in [4.69, 9.17) is 65.8 Å². The zero-order valence-corrected chi connectivity index (χ0v) is 84.8. The van der Waals surface area contributed by atoms with Gasteiger partial charge >= 0.3 is 23.2 Å². The Morgan fingerprint density at radius 3 is 0.872 bits per heavy atom. The van der Waals surface area contributed by atoms with Crippen LogP contribution in [0.4, 0.5) is 47.3 Å². The summed E-state index contributed by atoms with van der Waals surface area (Å²) in [7, 11) is 0.